The molecule has 14 heteroatoms. The first-order valence-electron chi connectivity index (χ1n) is 13.9. The van der Waals surface area contributed by atoms with E-state index in [1.165, 1.54) is 5.06 Å². The SMILES string of the molecule is CC(C)(C)OC(=O)NC(=N)N(CCc1nnc([C@@H]2CC[C@@H]3CN2C(=O)N3OCc2ccccc2)o1)C(=O)OC(C)(C)C. The van der Waals surface area contributed by atoms with Gasteiger partial charge in [-0.15, -0.1) is 10.2 Å². The van der Waals surface area contributed by atoms with Gasteiger partial charge in [0.1, 0.15) is 23.9 Å². The molecule has 2 saturated heterocycles. The van der Waals surface area contributed by atoms with Crippen LogP contribution in [0.4, 0.5) is 14.4 Å². The molecule has 228 valence electrons. The second kappa shape index (κ2) is 12.3. The Kier molecular flexibility index (Phi) is 9.04. The van der Waals surface area contributed by atoms with Gasteiger partial charge in [-0.2, -0.15) is 5.06 Å². The molecule has 2 aromatic rings. The molecule has 0 unspecified atom stereocenters. The topological polar surface area (TPSA) is 163 Å². The highest BCUT2D eigenvalue weighted by atomic mass is 16.7. The Bertz CT molecular complexity index is 1290. The van der Waals surface area contributed by atoms with Crippen LogP contribution < -0.4 is 5.32 Å². The van der Waals surface area contributed by atoms with E-state index in [0.717, 1.165) is 10.5 Å². The fraction of sp³-hybridized carbons (Fsp3) is 0.571. The maximum absolute atomic E-state index is 13.2. The zero-order chi connectivity index (χ0) is 30.7. The molecule has 0 radical (unpaired) electrons. The number of hydrogen-bond acceptors (Lipinski definition) is 10. The van der Waals surface area contributed by atoms with Gasteiger partial charge in [0.05, 0.1) is 6.04 Å². The van der Waals surface area contributed by atoms with Gasteiger partial charge in [0, 0.05) is 19.5 Å². The van der Waals surface area contributed by atoms with E-state index in [4.69, 9.17) is 24.1 Å². The van der Waals surface area contributed by atoms with Gasteiger partial charge in [-0.3, -0.25) is 15.6 Å². The quantitative estimate of drug-likeness (QED) is 0.354. The molecule has 14 nitrogen and oxygen atoms in total. The summed E-state index contributed by atoms with van der Waals surface area (Å²) in [6.45, 7) is 10.8. The number of guanidine groups is 1. The van der Waals surface area contributed by atoms with Crippen molar-refractivity contribution in [2.24, 2.45) is 0 Å². The third-order valence-corrected chi connectivity index (χ3v) is 6.36. The van der Waals surface area contributed by atoms with Gasteiger partial charge in [-0.1, -0.05) is 30.3 Å². The lowest BCUT2D eigenvalue weighted by Crippen LogP contribution is -2.50. The van der Waals surface area contributed by atoms with Gasteiger partial charge < -0.3 is 18.8 Å². The van der Waals surface area contributed by atoms with Crippen LogP contribution in [-0.2, 0) is 27.3 Å². The van der Waals surface area contributed by atoms with Crippen molar-refractivity contribution in [2.45, 2.75) is 90.7 Å². The molecule has 0 spiro atoms. The molecule has 2 bridgehead atoms. The second-order valence-electron chi connectivity index (χ2n) is 12.2. The number of urea groups is 1. The Morgan fingerprint density at radius 1 is 1.07 bits per heavy atom. The first-order valence-corrected chi connectivity index (χ1v) is 13.9. The van der Waals surface area contributed by atoms with Gasteiger partial charge in [0.2, 0.25) is 17.7 Å². The summed E-state index contributed by atoms with van der Waals surface area (Å²) < 4.78 is 16.5. The van der Waals surface area contributed by atoms with E-state index in [2.05, 4.69) is 15.5 Å². The molecule has 2 atom stereocenters. The van der Waals surface area contributed by atoms with Crippen LogP contribution in [0.2, 0.25) is 0 Å². The molecule has 0 aliphatic carbocycles. The van der Waals surface area contributed by atoms with Crippen LogP contribution in [0.3, 0.4) is 0 Å². The number of rotatable bonds is 7. The predicted molar refractivity (Wildman–Crippen MR) is 149 cm³/mol. The first-order chi connectivity index (χ1) is 19.7. The van der Waals surface area contributed by atoms with Crippen molar-refractivity contribution in [3.8, 4) is 0 Å². The smallest absolute Gasteiger partial charge is 0.417 e. The normalized spacial score (nSPS) is 18.6. The number of amides is 4. The average Bonchev–Trinajstić information content (AvgIpc) is 3.44. The summed E-state index contributed by atoms with van der Waals surface area (Å²) in [6.07, 6.45) is -0.314. The largest absolute Gasteiger partial charge is 0.444 e. The number of aromatic nitrogens is 2. The lowest BCUT2D eigenvalue weighted by molar-refractivity contribution is -0.140. The Labute approximate surface area is 244 Å². The molecule has 1 aromatic heterocycles. The first kappa shape index (κ1) is 30.8. The summed E-state index contributed by atoms with van der Waals surface area (Å²) in [4.78, 5) is 46.8. The minimum Gasteiger partial charge on any atom is -0.444 e. The zero-order valence-corrected chi connectivity index (χ0v) is 24.9. The molecular formula is C28H39N7O7. The van der Waals surface area contributed by atoms with Crippen molar-refractivity contribution < 1.29 is 33.1 Å². The van der Waals surface area contributed by atoms with Crippen LogP contribution in [0.15, 0.2) is 34.7 Å². The number of carbonyl (C=O) groups is 3. The van der Waals surface area contributed by atoms with E-state index in [1.807, 2.05) is 30.3 Å². The average molecular weight is 586 g/mol. The second-order valence-corrected chi connectivity index (χ2v) is 12.2. The number of fused-ring (bicyclic) bond motifs is 2. The van der Waals surface area contributed by atoms with Gasteiger partial charge >= 0.3 is 18.2 Å². The lowest BCUT2D eigenvalue weighted by atomic mass is 10.0. The Hall–Kier alpha value is -4.20. The van der Waals surface area contributed by atoms with Crippen molar-refractivity contribution >= 4 is 24.2 Å². The number of benzene rings is 1. The number of piperidine rings is 1. The number of hydroxylamine groups is 2. The molecule has 2 N–H and O–H groups in total. The van der Waals surface area contributed by atoms with Crippen molar-refractivity contribution in [3.05, 3.63) is 47.7 Å². The summed E-state index contributed by atoms with van der Waals surface area (Å²) in [7, 11) is 0. The standard InChI is InChI=1S/C28H39N7O7/c1-27(2,3)41-24(36)30-23(29)33(26(38)42-28(4,5)6)15-14-21-31-32-22(40-21)20-13-12-19-16-34(20)25(37)35(19)39-17-18-10-8-7-9-11-18/h7-11,19-20H,12-17H2,1-6H3,(H2,29,30,36)/t19-,20+/m1/s1. The van der Waals surface area contributed by atoms with Gasteiger partial charge in [-0.05, 0) is 59.9 Å². The minimum atomic E-state index is -0.881. The summed E-state index contributed by atoms with van der Waals surface area (Å²) in [5.74, 6) is -0.0307. The third kappa shape index (κ3) is 7.96. The number of nitrogens with zero attached hydrogens (tertiary/aromatic N) is 5. The molecular weight excluding hydrogens is 546 g/mol. The van der Waals surface area contributed by atoms with Crippen LogP contribution in [0.25, 0.3) is 0 Å². The number of ether oxygens (including phenoxy) is 2. The molecule has 4 rings (SSSR count). The lowest BCUT2D eigenvalue weighted by Gasteiger charge is -2.28. The molecule has 3 heterocycles. The summed E-state index contributed by atoms with van der Waals surface area (Å²) in [5.41, 5.74) is -0.657. The van der Waals surface area contributed by atoms with Gasteiger partial charge in [0.25, 0.3) is 0 Å². The van der Waals surface area contributed by atoms with Crippen LogP contribution in [-0.4, -0.2) is 79.6 Å². The predicted octanol–water partition coefficient (Wildman–Crippen LogP) is 4.38. The molecule has 1 aromatic carbocycles. The summed E-state index contributed by atoms with van der Waals surface area (Å²) >= 11 is 0. The fourth-order valence-corrected chi connectivity index (χ4v) is 4.56. The van der Waals surface area contributed by atoms with Crippen molar-refractivity contribution in [1.82, 2.24) is 30.4 Å². The molecule has 42 heavy (non-hydrogen) atoms. The Morgan fingerprint density at radius 2 is 1.76 bits per heavy atom. The van der Waals surface area contributed by atoms with E-state index < -0.39 is 35.4 Å². The maximum Gasteiger partial charge on any atom is 0.417 e. The number of alkyl carbamates (subject to hydrolysis) is 1. The highest BCUT2D eigenvalue weighted by molar-refractivity contribution is 5.99. The van der Waals surface area contributed by atoms with Crippen molar-refractivity contribution in [2.75, 3.05) is 13.1 Å². The van der Waals surface area contributed by atoms with E-state index in [9.17, 15) is 14.4 Å². The Balaban J connectivity index is 1.38. The summed E-state index contributed by atoms with van der Waals surface area (Å²) in [5, 5.41) is 20.3. The Morgan fingerprint density at radius 3 is 2.43 bits per heavy atom. The maximum atomic E-state index is 13.2. The fourth-order valence-electron chi connectivity index (χ4n) is 4.56. The summed E-state index contributed by atoms with van der Waals surface area (Å²) in [6, 6.07) is 8.91. The van der Waals surface area contributed by atoms with Gasteiger partial charge in [-0.25, -0.2) is 19.3 Å². The van der Waals surface area contributed by atoms with Crippen LogP contribution in [0.1, 0.15) is 77.8 Å². The number of hydrogen-bond donors (Lipinski definition) is 2. The van der Waals surface area contributed by atoms with Crippen molar-refractivity contribution in [1.29, 1.82) is 5.41 Å². The van der Waals surface area contributed by atoms with E-state index in [1.54, 1.807) is 46.4 Å². The van der Waals surface area contributed by atoms with Crippen LogP contribution >= 0.6 is 0 Å². The van der Waals surface area contributed by atoms with E-state index >= 15 is 0 Å². The molecule has 2 aliphatic heterocycles. The van der Waals surface area contributed by atoms with Gasteiger partial charge in [0.15, 0.2) is 0 Å². The monoisotopic (exact) mass is 585 g/mol. The van der Waals surface area contributed by atoms with Crippen LogP contribution in [0, 0.1) is 5.41 Å². The molecule has 2 fully saturated rings. The highest BCUT2D eigenvalue weighted by Gasteiger charge is 2.47. The molecule has 0 saturated carbocycles. The van der Waals surface area contributed by atoms with E-state index in [-0.39, 0.29) is 43.4 Å². The van der Waals surface area contributed by atoms with Crippen LogP contribution in [0.5, 0.6) is 0 Å². The molecule has 4 amide bonds. The third-order valence-electron chi connectivity index (χ3n) is 6.36. The minimum absolute atomic E-state index is 0.0641. The van der Waals surface area contributed by atoms with Crippen molar-refractivity contribution in [3.63, 3.8) is 0 Å². The molecule has 2 aliphatic rings. The van der Waals surface area contributed by atoms with E-state index in [0.29, 0.717) is 19.4 Å². The zero-order valence-electron chi connectivity index (χ0n) is 24.9. The number of carbonyl (C=O) groups excluding carboxylic acids is 3. The number of nitrogens with one attached hydrogen (secondary N) is 2. The highest BCUT2D eigenvalue weighted by Crippen LogP contribution is 2.38.